The minimum atomic E-state index is -0.701. The zero-order valence-electron chi connectivity index (χ0n) is 10.5. The third kappa shape index (κ3) is 3.69. The van der Waals surface area contributed by atoms with Crippen LogP contribution in [-0.2, 0) is 4.79 Å². The van der Waals surface area contributed by atoms with Crippen molar-refractivity contribution in [3.8, 4) is 5.75 Å². The zero-order valence-corrected chi connectivity index (χ0v) is 10.5. The summed E-state index contributed by atoms with van der Waals surface area (Å²) in [6, 6.07) is 3.35. The number of nitrogens with zero attached hydrogens (tertiary/aromatic N) is 1. The Labute approximate surface area is 106 Å². The van der Waals surface area contributed by atoms with Crippen LogP contribution in [0.2, 0.25) is 0 Å². The van der Waals surface area contributed by atoms with E-state index < -0.39 is 6.10 Å². The molecule has 0 aliphatic rings. The van der Waals surface area contributed by atoms with Gasteiger partial charge in [0.2, 0.25) is 0 Å². The van der Waals surface area contributed by atoms with Crippen molar-refractivity contribution in [1.29, 1.82) is 0 Å². The molecule has 1 atom stereocenters. The molecule has 0 aliphatic heterocycles. The van der Waals surface area contributed by atoms with Gasteiger partial charge in [0.05, 0.1) is 0 Å². The van der Waals surface area contributed by atoms with Crippen LogP contribution in [0.5, 0.6) is 5.75 Å². The molecule has 18 heavy (non-hydrogen) atoms. The molecule has 5 nitrogen and oxygen atoms in total. The number of carbonyl (C=O) groups is 2. The van der Waals surface area contributed by atoms with Gasteiger partial charge in [0.1, 0.15) is 11.4 Å². The molecule has 1 amide bonds. The van der Waals surface area contributed by atoms with Gasteiger partial charge in [-0.05, 0) is 26.0 Å². The minimum absolute atomic E-state index is 0.193. The molecule has 96 valence electrons. The van der Waals surface area contributed by atoms with Crippen molar-refractivity contribution in [2.45, 2.75) is 20.0 Å². The fourth-order valence-corrected chi connectivity index (χ4v) is 1.31. The SMILES string of the molecule is C=CCNC(=O)C(C)Oc1ccc(C)nc1C=O. The Morgan fingerprint density at radius 2 is 2.33 bits per heavy atom. The van der Waals surface area contributed by atoms with E-state index >= 15 is 0 Å². The summed E-state index contributed by atoms with van der Waals surface area (Å²) in [6.45, 7) is 7.25. The minimum Gasteiger partial charge on any atom is -0.479 e. The molecule has 1 rings (SSSR count). The Bertz CT molecular complexity index is 458. The van der Waals surface area contributed by atoms with Crippen LogP contribution >= 0.6 is 0 Å². The number of hydrogen-bond acceptors (Lipinski definition) is 4. The van der Waals surface area contributed by atoms with E-state index in [1.54, 1.807) is 32.1 Å². The van der Waals surface area contributed by atoms with E-state index in [9.17, 15) is 9.59 Å². The van der Waals surface area contributed by atoms with Crippen molar-refractivity contribution < 1.29 is 14.3 Å². The van der Waals surface area contributed by atoms with Gasteiger partial charge in [-0.25, -0.2) is 4.98 Å². The van der Waals surface area contributed by atoms with Crippen molar-refractivity contribution in [1.82, 2.24) is 10.3 Å². The van der Waals surface area contributed by atoms with E-state index in [0.717, 1.165) is 0 Å². The van der Waals surface area contributed by atoms with E-state index in [1.165, 1.54) is 0 Å². The smallest absolute Gasteiger partial charge is 0.261 e. The van der Waals surface area contributed by atoms with Gasteiger partial charge in [0, 0.05) is 12.2 Å². The number of hydrogen-bond donors (Lipinski definition) is 1. The van der Waals surface area contributed by atoms with Crippen molar-refractivity contribution >= 4 is 12.2 Å². The second-order valence-electron chi connectivity index (χ2n) is 3.75. The van der Waals surface area contributed by atoms with Crippen molar-refractivity contribution in [3.05, 3.63) is 36.2 Å². The van der Waals surface area contributed by atoms with Crippen molar-refractivity contribution in [2.24, 2.45) is 0 Å². The molecule has 0 aromatic carbocycles. The van der Waals surface area contributed by atoms with Gasteiger partial charge in [-0.3, -0.25) is 9.59 Å². The second-order valence-corrected chi connectivity index (χ2v) is 3.75. The van der Waals surface area contributed by atoms with Crippen LogP contribution in [0.1, 0.15) is 23.1 Å². The van der Waals surface area contributed by atoms with Gasteiger partial charge in [0.25, 0.3) is 5.91 Å². The molecule has 5 heteroatoms. The maximum Gasteiger partial charge on any atom is 0.261 e. The Hall–Kier alpha value is -2.17. The van der Waals surface area contributed by atoms with Gasteiger partial charge in [-0.1, -0.05) is 6.08 Å². The summed E-state index contributed by atoms with van der Waals surface area (Å²) >= 11 is 0. The number of pyridine rings is 1. The normalized spacial score (nSPS) is 11.4. The highest BCUT2D eigenvalue weighted by Gasteiger charge is 2.16. The van der Waals surface area contributed by atoms with E-state index in [1.807, 2.05) is 0 Å². The van der Waals surface area contributed by atoms with E-state index in [4.69, 9.17) is 4.74 Å². The predicted octanol–water partition coefficient (Wildman–Crippen LogP) is 1.27. The van der Waals surface area contributed by atoms with Crippen LogP contribution in [0.4, 0.5) is 0 Å². The fourth-order valence-electron chi connectivity index (χ4n) is 1.31. The second kappa shape index (κ2) is 6.54. The number of carbonyl (C=O) groups excluding carboxylic acids is 2. The van der Waals surface area contributed by atoms with Crippen LogP contribution in [0.25, 0.3) is 0 Å². The lowest BCUT2D eigenvalue weighted by Crippen LogP contribution is -2.36. The summed E-state index contributed by atoms with van der Waals surface area (Å²) < 4.78 is 5.41. The standard InChI is InChI=1S/C13H16N2O3/c1-4-7-14-13(17)10(3)18-12-6-5-9(2)15-11(12)8-16/h4-6,8,10H,1,7H2,2-3H3,(H,14,17). The number of rotatable bonds is 6. The average Bonchev–Trinajstić information content (AvgIpc) is 2.37. The predicted molar refractivity (Wildman–Crippen MR) is 67.7 cm³/mol. The van der Waals surface area contributed by atoms with Crippen LogP contribution in [0.15, 0.2) is 24.8 Å². The summed E-state index contributed by atoms with van der Waals surface area (Å²) in [5.74, 6) is 0.0316. The number of amides is 1. The van der Waals surface area contributed by atoms with Gasteiger partial charge < -0.3 is 10.1 Å². The van der Waals surface area contributed by atoms with Crippen LogP contribution in [0, 0.1) is 6.92 Å². The Morgan fingerprint density at radius 1 is 1.61 bits per heavy atom. The summed E-state index contributed by atoms with van der Waals surface area (Å²) in [5, 5.41) is 2.61. The third-order valence-electron chi connectivity index (χ3n) is 2.23. The number of aryl methyl sites for hydroxylation is 1. The molecule has 0 bridgehead atoms. The Morgan fingerprint density at radius 3 is 2.94 bits per heavy atom. The Kier molecular flexibility index (Phi) is 5.05. The Balaban J connectivity index is 2.74. The van der Waals surface area contributed by atoms with Crippen molar-refractivity contribution in [2.75, 3.05) is 6.54 Å². The summed E-state index contributed by atoms with van der Waals surface area (Å²) in [6.07, 6.45) is 1.49. The molecule has 1 aromatic rings. The number of nitrogens with one attached hydrogen (secondary N) is 1. The van der Waals surface area contributed by atoms with Crippen LogP contribution < -0.4 is 10.1 Å². The molecule has 1 heterocycles. The van der Waals surface area contributed by atoms with Gasteiger partial charge in [-0.15, -0.1) is 6.58 Å². The number of aldehydes is 1. The largest absolute Gasteiger partial charge is 0.479 e. The highest BCUT2D eigenvalue weighted by molar-refractivity contribution is 5.81. The van der Waals surface area contributed by atoms with Gasteiger partial charge in [-0.2, -0.15) is 0 Å². The molecule has 0 radical (unpaired) electrons. The van der Waals surface area contributed by atoms with Crippen LogP contribution in [0.3, 0.4) is 0 Å². The summed E-state index contributed by atoms with van der Waals surface area (Å²) in [7, 11) is 0. The molecule has 0 saturated heterocycles. The monoisotopic (exact) mass is 248 g/mol. The molecular formula is C13H16N2O3. The average molecular weight is 248 g/mol. The van der Waals surface area contributed by atoms with Crippen LogP contribution in [-0.4, -0.2) is 29.8 Å². The lowest BCUT2D eigenvalue weighted by molar-refractivity contribution is -0.127. The molecule has 0 spiro atoms. The molecular weight excluding hydrogens is 232 g/mol. The molecule has 1 unspecified atom stereocenters. The highest BCUT2D eigenvalue weighted by Crippen LogP contribution is 2.16. The fraction of sp³-hybridized carbons (Fsp3) is 0.308. The summed E-state index contributed by atoms with van der Waals surface area (Å²) in [5.41, 5.74) is 0.909. The summed E-state index contributed by atoms with van der Waals surface area (Å²) in [4.78, 5) is 26.5. The first kappa shape index (κ1) is 13.9. The maximum absolute atomic E-state index is 11.6. The first-order valence-corrected chi connectivity index (χ1v) is 5.56. The van der Waals surface area contributed by atoms with Gasteiger partial charge >= 0.3 is 0 Å². The van der Waals surface area contributed by atoms with E-state index in [-0.39, 0.29) is 11.6 Å². The maximum atomic E-state index is 11.6. The third-order valence-corrected chi connectivity index (χ3v) is 2.23. The number of aromatic nitrogens is 1. The molecule has 1 N–H and O–H groups in total. The van der Waals surface area contributed by atoms with Crippen molar-refractivity contribution in [3.63, 3.8) is 0 Å². The van der Waals surface area contributed by atoms with Gasteiger partial charge in [0.15, 0.2) is 12.4 Å². The zero-order chi connectivity index (χ0) is 13.5. The van der Waals surface area contributed by atoms with E-state index in [0.29, 0.717) is 24.3 Å². The topological polar surface area (TPSA) is 68.3 Å². The molecule has 0 aliphatic carbocycles. The van der Waals surface area contributed by atoms with E-state index in [2.05, 4.69) is 16.9 Å². The molecule has 0 fully saturated rings. The quantitative estimate of drug-likeness (QED) is 0.608. The molecule has 1 aromatic heterocycles. The lowest BCUT2D eigenvalue weighted by atomic mass is 10.3. The number of ether oxygens (including phenoxy) is 1. The first-order chi connectivity index (χ1) is 8.58. The first-order valence-electron chi connectivity index (χ1n) is 5.56. The lowest BCUT2D eigenvalue weighted by Gasteiger charge is -2.15. The molecule has 0 saturated carbocycles. The highest BCUT2D eigenvalue weighted by atomic mass is 16.5.